The van der Waals surface area contributed by atoms with Crippen molar-refractivity contribution in [1.29, 1.82) is 0 Å². The van der Waals surface area contributed by atoms with Gasteiger partial charge < -0.3 is 15.4 Å². The first-order valence-electron chi connectivity index (χ1n) is 10.5. The van der Waals surface area contributed by atoms with Crippen LogP contribution in [0.1, 0.15) is 58.3 Å². The van der Waals surface area contributed by atoms with Crippen LogP contribution in [-0.2, 0) is 14.8 Å². The predicted molar refractivity (Wildman–Crippen MR) is 111 cm³/mol. The Balaban J connectivity index is 1.69. The van der Waals surface area contributed by atoms with Gasteiger partial charge in [-0.25, -0.2) is 13.1 Å². The van der Waals surface area contributed by atoms with E-state index < -0.39 is 10.0 Å². The maximum atomic E-state index is 12.1. The lowest BCUT2D eigenvalue weighted by Crippen LogP contribution is -2.45. The van der Waals surface area contributed by atoms with Gasteiger partial charge in [0.15, 0.2) is 5.96 Å². The monoisotopic (exact) mass is 402 g/mol. The van der Waals surface area contributed by atoms with Gasteiger partial charge in [-0.15, -0.1) is 0 Å². The van der Waals surface area contributed by atoms with Gasteiger partial charge in [-0.1, -0.05) is 19.3 Å². The molecule has 0 radical (unpaired) electrons. The van der Waals surface area contributed by atoms with Gasteiger partial charge in [-0.2, -0.15) is 0 Å². The average Bonchev–Trinajstić information content (AvgIpc) is 3.05. The van der Waals surface area contributed by atoms with Gasteiger partial charge in [-0.3, -0.25) is 4.99 Å². The Bertz CT molecular complexity index is 555. The molecule has 0 heterocycles. The molecule has 0 aromatic heterocycles. The highest BCUT2D eigenvalue weighted by atomic mass is 32.2. The number of ether oxygens (including phenoxy) is 1. The van der Waals surface area contributed by atoms with E-state index >= 15 is 0 Å². The number of hydrogen-bond donors (Lipinski definition) is 3. The van der Waals surface area contributed by atoms with Crippen LogP contribution in [0.25, 0.3) is 0 Å². The highest BCUT2D eigenvalue weighted by Crippen LogP contribution is 2.40. The summed E-state index contributed by atoms with van der Waals surface area (Å²) in [5, 5.41) is 6.54. The van der Waals surface area contributed by atoms with Crippen LogP contribution in [0.2, 0.25) is 0 Å². The van der Waals surface area contributed by atoms with Crippen molar-refractivity contribution in [2.45, 2.75) is 58.3 Å². The van der Waals surface area contributed by atoms with Gasteiger partial charge in [0.25, 0.3) is 0 Å². The minimum atomic E-state index is -3.23. The second kappa shape index (κ2) is 11.2. The minimum Gasteiger partial charge on any atom is -0.382 e. The fourth-order valence-electron chi connectivity index (χ4n) is 3.88. The first kappa shape index (κ1) is 22.4. The lowest BCUT2D eigenvalue weighted by atomic mass is 9.83. The van der Waals surface area contributed by atoms with Gasteiger partial charge in [0, 0.05) is 39.9 Å². The number of aliphatic imine (C=N–C) groups is 1. The van der Waals surface area contributed by atoms with Gasteiger partial charge in [-0.05, 0) is 50.4 Å². The van der Waals surface area contributed by atoms with Crippen LogP contribution in [0.5, 0.6) is 0 Å². The second-order valence-electron chi connectivity index (χ2n) is 7.97. The van der Waals surface area contributed by atoms with Crippen molar-refractivity contribution in [1.82, 2.24) is 15.4 Å². The van der Waals surface area contributed by atoms with Crippen molar-refractivity contribution in [3.63, 3.8) is 0 Å². The Hall–Kier alpha value is -0.860. The van der Waals surface area contributed by atoms with Crippen LogP contribution in [0, 0.1) is 11.3 Å². The van der Waals surface area contributed by atoms with Crippen LogP contribution in [0.15, 0.2) is 4.99 Å². The summed E-state index contributed by atoms with van der Waals surface area (Å²) in [5.74, 6) is 1.27. The van der Waals surface area contributed by atoms with E-state index in [1.165, 1.54) is 32.1 Å². The van der Waals surface area contributed by atoms with E-state index in [-0.39, 0.29) is 11.2 Å². The summed E-state index contributed by atoms with van der Waals surface area (Å²) in [5.41, 5.74) is 0.267. The molecule has 2 fully saturated rings. The van der Waals surface area contributed by atoms with E-state index in [2.05, 4.69) is 20.3 Å². The normalized spacial score (nSPS) is 20.4. The van der Waals surface area contributed by atoms with E-state index in [0.717, 1.165) is 39.0 Å². The summed E-state index contributed by atoms with van der Waals surface area (Å²) in [6.07, 6.45) is 9.53. The van der Waals surface area contributed by atoms with Gasteiger partial charge >= 0.3 is 0 Å². The molecule has 158 valence electrons. The fourth-order valence-corrected chi connectivity index (χ4v) is 4.89. The van der Waals surface area contributed by atoms with Crippen LogP contribution in [0.3, 0.4) is 0 Å². The van der Waals surface area contributed by atoms with Crippen molar-refractivity contribution in [3.05, 3.63) is 0 Å². The molecule has 2 saturated carbocycles. The number of rotatable bonds is 12. The molecule has 0 atom stereocenters. The highest BCUT2D eigenvalue weighted by molar-refractivity contribution is 7.89. The molecule has 0 aliphatic heterocycles. The summed E-state index contributed by atoms with van der Waals surface area (Å²) in [6, 6.07) is 0. The zero-order valence-corrected chi connectivity index (χ0v) is 17.9. The number of sulfonamides is 1. The molecule has 0 aromatic carbocycles. The Kier molecular flexibility index (Phi) is 9.32. The quantitative estimate of drug-likeness (QED) is 0.263. The predicted octanol–water partition coefficient (Wildman–Crippen LogP) is 1.86. The maximum absolute atomic E-state index is 12.1. The first-order valence-corrected chi connectivity index (χ1v) is 12.1. The molecule has 0 spiro atoms. The lowest BCUT2D eigenvalue weighted by molar-refractivity contribution is 0.105. The van der Waals surface area contributed by atoms with E-state index in [4.69, 9.17) is 4.74 Å². The standard InChI is InChI=1S/C19H38N4O3S/c1-3-26-13-11-19(9-4-5-10-19)16-22-18(20-2)21-12-14-27(24,25)23-15-17-7-6-8-17/h17,23H,3-16H2,1-2H3,(H2,20,21,22). The van der Waals surface area contributed by atoms with Gasteiger partial charge in [0.05, 0.1) is 5.75 Å². The molecular weight excluding hydrogens is 364 g/mol. The molecule has 0 saturated heterocycles. The van der Waals surface area contributed by atoms with E-state index in [1.54, 1.807) is 7.05 Å². The first-order chi connectivity index (χ1) is 13.0. The molecule has 0 aromatic rings. The molecule has 2 aliphatic rings. The van der Waals surface area contributed by atoms with Crippen molar-refractivity contribution >= 4 is 16.0 Å². The Morgan fingerprint density at radius 3 is 2.52 bits per heavy atom. The summed E-state index contributed by atoms with van der Waals surface area (Å²) < 4.78 is 32.5. The highest BCUT2D eigenvalue weighted by Gasteiger charge is 2.33. The summed E-state index contributed by atoms with van der Waals surface area (Å²) in [6.45, 7) is 5.38. The molecule has 2 rings (SSSR count). The van der Waals surface area contributed by atoms with Gasteiger partial charge in [0.1, 0.15) is 0 Å². The molecule has 0 bridgehead atoms. The fraction of sp³-hybridized carbons (Fsp3) is 0.947. The third-order valence-corrected chi connectivity index (χ3v) is 7.33. The van der Waals surface area contributed by atoms with E-state index in [0.29, 0.717) is 25.0 Å². The number of guanidine groups is 1. The van der Waals surface area contributed by atoms with Gasteiger partial charge in [0.2, 0.25) is 10.0 Å². The molecule has 0 amide bonds. The van der Waals surface area contributed by atoms with Crippen molar-refractivity contribution in [2.75, 3.05) is 45.6 Å². The Morgan fingerprint density at radius 1 is 1.19 bits per heavy atom. The van der Waals surface area contributed by atoms with Crippen LogP contribution in [-0.4, -0.2) is 60.0 Å². The Labute approximate surface area is 165 Å². The zero-order valence-electron chi connectivity index (χ0n) is 17.1. The SMILES string of the molecule is CCOCCC1(CNC(=NC)NCCS(=O)(=O)NCC2CCC2)CCCC1. The number of nitrogens with one attached hydrogen (secondary N) is 3. The molecule has 8 heteroatoms. The number of nitrogens with zero attached hydrogens (tertiary/aromatic N) is 1. The molecular formula is C19H38N4O3S. The van der Waals surface area contributed by atoms with Crippen molar-refractivity contribution in [3.8, 4) is 0 Å². The summed E-state index contributed by atoms with van der Waals surface area (Å²) >= 11 is 0. The maximum Gasteiger partial charge on any atom is 0.213 e. The largest absolute Gasteiger partial charge is 0.382 e. The topological polar surface area (TPSA) is 91.8 Å². The summed E-state index contributed by atoms with van der Waals surface area (Å²) in [4.78, 5) is 4.24. The van der Waals surface area contributed by atoms with E-state index in [1.807, 2.05) is 6.92 Å². The van der Waals surface area contributed by atoms with Crippen LogP contribution < -0.4 is 15.4 Å². The van der Waals surface area contributed by atoms with Crippen LogP contribution >= 0.6 is 0 Å². The van der Waals surface area contributed by atoms with E-state index in [9.17, 15) is 8.42 Å². The molecule has 7 nitrogen and oxygen atoms in total. The molecule has 2 aliphatic carbocycles. The third kappa shape index (κ3) is 7.95. The van der Waals surface area contributed by atoms with Crippen molar-refractivity contribution in [2.24, 2.45) is 16.3 Å². The molecule has 3 N–H and O–H groups in total. The van der Waals surface area contributed by atoms with Crippen LogP contribution in [0.4, 0.5) is 0 Å². The third-order valence-electron chi connectivity index (χ3n) is 5.98. The zero-order chi connectivity index (χ0) is 19.6. The lowest BCUT2D eigenvalue weighted by Gasteiger charge is -2.30. The number of hydrogen-bond acceptors (Lipinski definition) is 4. The molecule has 0 unspecified atom stereocenters. The summed E-state index contributed by atoms with van der Waals surface area (Å²) in [7, 11) is -1.50. The van der Waals surface area contributed by atoms with Crippen molar-refractivity contribution < 1.29 is 13.2 Å². The second-order valence-corrected chi connectivity index (χ2v) is 9.90. The Morgan fingerprint density at radius 2 is 1.93 bits per heavy atom. The smallest absolute Gasteiger partial charge is 0.213 e. The minimum absolute atomic E-state index is 0.0654. The molecule has 27 heavy (non-hydrogen) atoms. The average molecular weight is 403 g/mol.